The number of hydrogen-bond donors (Lipinski definition) is 1. The van der Waals surface area contributed by atoms with E-state index >= 15 is 0 Å². The number of carbonyl (C=O) groups excluding carboxylic acids is 1. The summed E-state index contributed by atoms with van der Waals surface area (Å²) in [6.07, 6.45) is -1.14. The Kier molecular flexibility index (Phi) is 3.02. The van der Waals surface area contributed by atoms with Gasteiger partial charge in [0.25, 0.3) is 5.91 Å². The average Bonchev–Trinajstić information content (AvgIpc) is 1.80. The average molecular weight is 156 g/mol. The van der Waals surface area contributed by atoms with E-state index in [1.54, 1.807) is 26.8 Å². The first-order chi connectivity index (χ1) is 4.87. The summed E-state index contributed by atoms with van der Waals surface area (Å²) >= 11 is 0. The molecule has 0 aliphatic heterocycles. The maximum atomic E-state index is 10.5. The predicted octanol–water partition coefficient (Wildman–Crippen LogP) is 0.179. The van der Waals surface area contributed by atoms with E-state index in [2.05, 4.69) is 0 Å². The van der Waals surface area contributed by atoms with Crippen molar-refractivity contribution in [2.24, 2.45) is 5.73 Å². The van der Waals surface area contributed by atoms with Gasteiger partial charge >= 0.3 is 0 Å². The van der Waals surface area contributed by atoms with Crippen LogP contribution in [0.2, 0.25) is 0 Å². The Bertz CT molecular complexity index is 188. The monoisotopic (exact) mass is 156 g/mol. The van der Waals surface area contributed by atoms with Crippen molar-refractivity contribution in [3.05, 3.63) is 0 Å². The van der Waals surface area contributed by atoms with Crippen LogP contribution >= 0.6 is 0 Å². The summed E-state index contributed by atoms with van der Waals surface area (Å²) in [6, 6.07) is 1.66. The van der Waals surface area contributed by atoms with Crippen LogP contribution in [0.4, 0.5) is 0 Å². The van der Waals surface area contributed by atoms with Gasteiger partial charge in [-0.05, 0) is 20.8 Å². The second kappa shape index (κ2) is 3.35. The highest BCUT2D eigenvalue weighted by Gasteiger charge is 2.22. The Morgan fingerprint density at radius 3 is 2.18 bits per heavy atom. The van der Waals surface area contributed by atoms with Crippen LogP contribution in [-0.2, 0) is 9.53 Å². The van der Waals surface area contributed by atoms with Gasteiger partial charge in [-0.1, -0.05) is 0 Å². The molecule has 11 heavy (non-hydrogen) atoms. The smallest absolute Gasteiger partial charge is 0.261 e. The molecular weight excluding hydrogens is 144 g/mol. The standard InChI is InChI=1S/C7H12N2O2/c1-7(2,3)11-5(4-8)6(9)10/h5H,1-3H3,(H2,9,10). The molecule has 1 unspecified atom stereocenters. The van der Waals surface area contributed by atoms with E-state index in [9.17, 15) is 4.79 Å². The van der Waals surface area contributed by atoms with Crippen LogP contribution < -0.4 is 5.73 Å². The van der Waals surface area contributed by atoms with Crippen LogP contribution in [0.3, 0.4) is 0 Å². The number of primary amides is 1. The molecule has 62 valence electrons. The minimum absolute atomic E-state index is 0.518. The summed E-state index contributed by atoms with van der Waals surface area (Å²) < 4.78 is 5.01. The van der Waals surface area contributed by atoms with Crippen molar-refractivity contribution in [1.29, 1.82) is 5.26 Å². The number of nitrogens with two attached hydrogens (primary N) is 1. The molecule has 0 saturated heterocycles. The predicted molar refractivity (Wildman–Crippen MR) is 39.4 cm³/mol. The van der Waals surface area contributed by atoms with E-state index in [0.717, 1.165) is 0 Å². The van der Waals surface area contributed by atoms with Crippen molar-refractivity contribution >= 4 is 5.91 Å². The first-order valence-electron chi connectivity index (χ1n) is 3.23. The molecule has 0 fully saturated rings. The first kappa shape index (κ1) is 9.92. The fraction of sp³-hybridized carbons (Fsp3) is 0.714. The molecule has 2 N–H and O–H groups in total. The van der Waals surface area contributed by atoms with Crippen LogP contribution in [0, 0.1) is 11.3 Å². The fourth-order valence-electron chi connectivity index (χ4n) is 0.502. The van der Waals surface area contributed by atoms with Crippen molar-refractivity contribution in [1.82, 2.24) is 0 Å². The van der Waals surface area contributed by atoms with E-state index in [1.807, 2.05) is 0 Å². The quantitative estimate of drug-likeness (QED) is 0.619. The first-order valence-corrected chi connectivity index (χ1v) is 3.23. The third kappa shape index (κ3) is 4.34. The lowest BCUT2D eigenvalue weighted by atomic mass is 10.2. The van der Waals surface area contributed by atoms with Crippen LogP contribution in [-0.4, -0.2) is 17.6 Å². The van der Waals surface area contributed by atoms with Gasteiger partial charge in [-0.2, -0.15) is 5.26 Å². The molecule has 4 heteroatoms. The van der Waals surface area contributed by atoms with E-state index in [1.165, 1.54) is 0 Å². The third-order valence-electron chi connectivity index (χ3n) is 0.847. The zero-order valence-electron chi connectivity index (χ0n) is 6.92. The number of amides is 1. The van der Waals surface area contributed by atoms with Gasteiger partial charge in [-0.3, -0.25) is 4.79 Å². The third-order valence-corrected chi connectivity index (χ3v) is 0.847. The van der Waals surface area contributed by atoms with E-state index in [-0.39, 0.29) is 0 Å². The fourth-order valence-corrected chi connectivity index (χ4v) is 0.502. The van der Waals surface area contributed by atoms with Crippen LogP contribution in [0.15, 0.2) is 0 Å². The Balaban J connectivity index is 4.13. The molecule has 0 aromatic rings. The van der Waals surface area contributed by atoms with Gasteiger partial charge < -0.3 is 10.5 Å². The Labute approximate surface area is 65.9 Å². The minimum Gasteiger partial charge on any atom is -0.366 e. The van der Waals surface area contributed by atoms with Crippen molar-refractivity contribution < 1.29 is 9.53 Å². The van der Waals surface area contributed by atoms with E-state index in [0.29, 0.717) is 0 Å². The normalized spacial score (nSPS) is 13.6. The van der Waals surface area contributed by atoms with Crippen LogP contribution in [0.5, 0.6) is 0 Å². The molecule has 0 spiro atoms. The Morgan fingerprint density at radius 2 is 2.09 bits per heavy atom. The largest absolute Gasteiger partial charge is 0.366 e. The summed E-state index contributed by atoms with van der Waals surface area (Å²) in [5.74, 6) is -0.748. The van der Waals surface area contributed by atoms with Gasteiger partial charge in [0.15, 0.2) is 0 Å². The number of ether oxygens (including phenoxy) is 1. The number of hydrogen-bond acceptors (Lipinski definition) is 3. The molecule has 4 nitrogen and oxygen atoms in total. The number of rotatable bonds is 2. The SMILES string of the molecule is CC(C)(C)OC(C#N)C(N)=O. The van der Waals surface area contributed by atoms with Crippen molar-refractivity contribution in [3.8, 4) is 6.07 Å². The van der Waals surface area contributed by atoms with Crippen molar-refractivity contribution in [2.45, 2.75) is 32.5 Å². The van der Waals surface area contributed by atoms with Gasteiger partial charge in [0.1, 0.15) is 6.07 Å². The highest BCUT2D eigenvalue weighted by molar-refractivity contribution is 5.81. The molecule has 0 aliphatic carbocycles. The molecule has 0 heterocycles. The topological polar surface area (TPSA) is 76.1 Å². The van der Waals surface area contributed by atoms with Gasteiger partial charge in [0.05, 0.1) is 5.60 Å². The van der Waals surface area contributed by atoms with Crippen molar-refractivity contribution in [3.63, 3.8) is 0 Å². The van der Waals surface area contributed by atoms with E-state index in [4.69, 9.17) is 15.7 Å². The van der Waals surface area contributed by atoms with Crippen LogP contribution in [0.25, 0.3) is 0 Å². The molecular formula is C7H12N2O2. The Hall–Kier alpha value is -1.08. The lowest BCUT2D eigenvalue weighted by Crippen LogP contribution is -2.36. The molecule has 0 radical (unpaired) electrons. The van der Waals surface area contributed by atoms with Gasteiger partial charge in [0.2, 0.25) is 6.10 Å². The molecule has 0 aromatic carbocycles. The molecule has 0 aromatic heterocycles. The maximum Gasteiger partial charge on any atom is 0.261 e. The summed E-state index contributed by atoms with van der Waals surface area (Å²) in [7, 11) is 0. The zero-order chi connectivity index (χ0) is 9.07. The summed E-state index contributed by atoms with van der Waals surface area (Å²) in [5.41, 5.74) is 4.35. The molecule has 0 aliphatic rings. The summed E-state index contributed by atoms with van der Waals surface area (Å²) in [5, 5.41) is 8.38. The lowest BCUT2D eigenvalue weighted by Gasteiger charge is -2.21. The maximum absolute atomic E-state index is 10.5. The molecule has 0 bridgehead atoms. The number of carbonyl (C=O) groups is 1. The highest BCUT2D eigenvalue weighted by atomic mass is 16.5. The Morgan fingerprint density at radius 1 is 1.64 bits per heavy atom. The van der Waals surface area contributed by atoms with E-state index < -0.39 is 17.6 Å². The summed E-state index contributed by atoms with van der Waals surface area (Å²) in [4.78, 5) is 10.5. The lowest BCUT2D eigenvalue weighted by molar-refractivity contribution is -0.133. The second-order valence-corrected chi connectivity index (χ2v) is 3.14. The van der Waals surface area contributed by atoms with Crippen molar-refractivity contribution in [2.75, 3.05) is 0 Å². The van der Waals surface area contributed by atoms with Gasteiger partial charge in [-0.15, -0.1) is 0 Å². The second-order valence-electron chi connectivity index (χ2n) is 3.14. The molecule has 1 amide bonds. The van der Waals surface area contributed by atoms with Crippen LogP contribution in [0.1, 0.15) is 20.8 Å². The zero-order valence-corrected chi connectivity index (χ0v) is 6.92. The summed E-state index contributed by atoms with van der Waals surface area (Å²) in [6.45, 7) is 5.25. The molecule has 0 rings (SSSR count). The number of nitrogens with zero attached hydrogens (tertiary/aromatic N) is 1. The highest BCUT2D eigenvalue weighted by Crippen LogP contribution is 2.09. The van der Waals surface area contributed by atoms with Gasteiger partial charge in [0, 0.05) is 0 Å². The van der Waals surface area contributed by atoms with Gasteiger partial charge in [-0.25, -0.2) is 0 Å². The molecule has 0 saturated carbocycles. The number of nitriles is 1. The minimum atomic E-state index is -1.14. The molecule has 1 atom stereocenters.